The summed E-state index contributed by atoms with van der Waals surface area (Å²) in [6.45, 7) is 7.60. The summed E-state index contributed by atoms with van der Waals surface area (Å²) in [5, 5.41) is 9.97. The molecule has 34 heavy (non-hydrogen) atoms. The number of hydrogen-bond acceptors (Lipinski definition) is 5. The number of halogens is 1. The standard InChI is InChI=1S/C24H22ClN3O5S/c1-14-19(6-5-13-27(14)31)28-22(29)20-17(25)11-12-18(21(20)23(28)30)26-34(32,33)16-9-7-15(8-10-16)24(2,3)4/h5-13H,1-4H3,(H-,26,30,31)/p+1. The molecule has 0 saturated carbocycles. The van der Waals surface area contributed by atoms with Gasteiger partial charge in [-0.25, -0.2) is 13.3 Å². The first-order valence-corrected chi connectivity index (χ1v) is 12.2. The first-order chi connectivity index (χ1) is 15.8. The van der Waals surface area contributed by atoms with Gasteiger partial charge in [0, 0.05) is 17.7 Å². The molecule has 0 fully saturated rings. The molecule has 2 aromatic carbocycles. The molecule has 0 spiro atoms. The molecule has 3 aromatic rings. The second-order valence-electron chi connectivity index (χ2n) is 8.99. The maximum absolute atomic E-state index is 13.3. The smallest absolute Gasteiger partial charge is 0.268 e. The summed E-state index contributed by atoms with van der Waals surface area (Å²) in [4.78, 5) is 27.4. The van der Waals surface area contributed by atoms with Crippen molar-refractivity contribution >= 4 is 44.8 Å². The van der Waals surface area contributed by atoms with E-state index in [2.05, 4.69) is 4.72 Å². The SMILES string of the molecule is Cc1c(N2C(=O)c3c(Cl)ccc(NS(=O)(=O)c4ccc(C(C)(C)C)cc4)c3C2=O)ccc[n+]1O. The Balaban J connectivity index is 1.76. The van der Waals surface area contributed by atoms with Crippen molar-refractivity contribution in [2.45, 2.75) is 38.0 Å². The van der Waals surface area contributed by atoms with Crippen LogP contribution in [0, 0.1) is 6.92 Å². The average Bonchev–Trinajstić information content (AvgIpc) is 3.03. The monoisotopic (exact) mass is 500 g/mol. The van der Waals surface area contributed by atoms with E-state index in [0.29, 0.717) is 0 Å². The zero-order chi connectivity index (χ0) is 25.0. The van der Waals surface area contributed by atoms with Crippen molar-refractivity contribution in [2.24, 2.45) is 0 Å². The van der Waals surface area contributed by atoms with E-state index in [4.69, 9.17) is 11.6 Å². The summed E-state index contributed by atoms with van der Waals surface area (Å²) >= 11 is 6.24. The van der Waals surface area contributed by atoms with E-state index >= 15 is 0 Å². The summed E-state index contributed by atoms with van der Waals surface area (Å²) in [5.41, 5.74) is 0.890. The van der Waals surface area contributed by atoms with Crippen molar-refractivity contribution < 1.29 is 27.9 Å². The van der Waals surface area contributed by atoms with E-state index in [1.807, 2.05) is 20.8 Å². The van der Waals surface area contributed by atoms with E-state index in [1.54, 1.807) is 12.1 Å². The first kappa shape index (κ1) is 23.7. The Labute approximate surface area is 202 Å². The van der Waals surface area contributed by atoms with Gasteiger partial charge in [0.2, 0.25) is 6.20 Å². The van der Waals surface area contributed by atoms with Crippen LogP contribution in [0.1, 0.15) is 52.7 Å². The highest BCUT2D eigenvalue weighted by atomic mass is 35.5. The van der Waals surface area contributed by atoms with Crippen molar-refractivity contribution in [1.82, 2.24) is 0 Å². The normalized spacial score (nSPS) is 13.9. The van der Waals surface area contributed by atoms with Gasteiger partial charge < -0.3 is 0 Å². The van der Waals surface area contributed by atoms with Gasteiger partial charge in [-0.2, -0.15) is 0 Å². The van der Waals surface area contributed by atoms with Crippen LogP contribution in [0.3, 0.4) is 0 Å². The summed E-state index contributed by atoms with van der Waals surface area (Å²) in [5.74, 6) is -1.47. The zero-order valence-corrected chi connectivity index (χ0v) is 20.5. The van der Waals surface area contributed by atoms with Crippen LogP contribution in [0.4, 0.5) is 11.4 Å². The van der Waals surface area contributed by atoms with Crippen LogP contribution in [-0.2, 0) is 15.4 Å². The predicted molar refractivity (Wildman–Crippen MR) is 127 cm³/mol. The molecule has 1 aromatic heterocycles. The Kier molecular flexibility index (Phi) is 5.65. The van der Waals surface area contributed by atoms with Gasteiger partial charge in [0.15, 0.2) is 0 Å². The molecule has 0 unspecified atom stereocenters. The van der Waals surface area contributed by atoms with Crippen molar-refractivity contribution in [1.29, 1.82) is 0 Å². The van der Waals surface area contributed by atoms with Crippen LogP contribution in [0.25, 0.3) is 0 Å². The van der Waals surface area contributed by atoms with E-state index in [-0.39, 0.29) is 43.5 Å². The first-order valence-electron chi connectivity index (χ1n) is 10.4. The van der Waals surface area contributed by atoms with E-state index < -0.39 is 21.8 Å². The average molecular weight is 501 g/mol. The molecule has 176 valence electrons. The van der Waals surface area contributed by atoms with Crippen LogP contribution >= 0.6 is 11.6 Å². The lowest BCUT2D eigenvalue weighted by Gasteiger charge is -2.19. The number of anilines is 2. The summed E-state index contributed by atoms with van der Waals surface area (Å²) in [6.07, 6.45) is 1.36. The van der Waals surface area contributed by atoms with Crippen molar-refractivity contribution in [3.63, 3.8) is 0 Å². The maximum Gasteiger partial charge on any atom is 0.268 e. The second-order valence-corrected chi connectivity index (χ2v) is 11.1. The Bertz CT molecular complexity index is 1440. The van der Waals surface area contributed by atoms with Gasteiger partial charge in [-0.1, -0.05) is 44.5 Å². The molecule has 1 aliphatic rings. The maximum atomic E-state index is 13.3. The molecule has 10 heteroatoms. The van der Waals surface area contributed by atoms with Gasteiger partial charge in [-0.15, -0.1) is 0 Å². The third kappa shape index (κ3) is 3.91. The number of hydrogen-bond donors (Lipinski definition) is 2. The Morgan fingerprint density at radius 3 is 2.21 bits per heavy atom. The van der Waals surface area contributed by atoms with Crippen molar-refractivity contribution in [3.8, 4) is 0 Å². The second kappa shape index (κ2) is 8.11. The number of sulfonamides is 1. The highest BCUT2D eigenvalue weighted by Gasteiger charge is 2.43. The molecule has 1 aliphatic heterocycles. The Morgan fingerprint density at radius 1 is 0.971 bits per heavy atom. The molecule has 2 heterocycles. The van der Waals surface area contributed by atoms with Crippen LogP contribution in [0.5, 0.6) is 0 Å². The lowest BCUT2D eigenvalue weighted by Crippen LogP contribution is -2.38. The number of rotatable bonds is 4. The predicted octanol–water partition coefficient (Wildman–Crippen LogP) is 4.07. The van der Waals surface area contributed by atoms with Crippen molar-refractivity contribution in [2.75, 3.05) is 9.62 Å². The fourth-order valence-electron chi connectivity index (χ4n) is 3.77. The summed E-state index contributed by atoms with van der Waals surface area (Å²) < 4.78 is 29.4. The van der Waals surface area contributed by atoms with Crippen molar-refractivity contribution in [3.05, 3.63) is 82.1 Å². The molecule has 2 N–H and O–H groups in total. The van der Waals surface area contributed by atoms with Gasteiger partial charge in [0.05, 0.1) is 26.7 Å². The zero-order valence-electron chi connectivity index (χ0n) is 19.0. The molecule has 0 bridgehead atoms. The van der Waals surface area contributed by atoms with Gasteiger partial charge in [-0.3, -0.25) is 19.5 Å². The Hall–Kier alpha value is -3.43. The van der Waals surface area contributed by atoms with E-state index in [1.165, 1.54) is 49.5 Å². The largest absolute Gasteiger partial charge is 0.285 e. The minimum atomic E-state index is -4.07. The summed E-state index contributed by atoms with van der Waals surface area (Å²) in [6, 6.07) is 12.1. The number of benzene rings is 2. The van der Waals surface area contributed by atoms with Crippen LogP contribution < -0.4 is 14.4 Å². The third-order valence-electron chi connectivity index (χ3n) is 5.70. The molecular weight excluding hydrogens is 478 g/mol. The van der Waals surface area contributed by atoms with Crippen LogP contribution in [0.2, 0.25) is 5.02 Å². The van der Waals surface area contributed by atoms with Gasteiger partial charge >= 0.3 is 0 Å². The third-order valence-corrected chi connectivity index (χ3v) is 7.40. The molecule has 0 atom stereocenters. The number of carbonyl (C=O) groups is 2. The van der Waals surface area contributed by atoms with E-state index in [9.17, 15) is 23.2 Å². The number of imide groups is 1. The fourth-order valence-corrected chi connectivity index (χ4v) is 5.08. The fraction of sp³-hybridized carbons (Fsp3) is 0.208. The van der Waals surface area contributed by atoms with Crippen LogP contribution in [0.15, 0.2) is 59.6 Å². The topological polar surface area (TPSA) is 108 Å². The number of fused-ring (bicyclic) bond motifs is 1. The molecule has 4 rings (SSSR count). The highest BCUT2D eigenvalue weighted by Crippen LogP contribution is 2.38. The highest BCUT2D eigenvalue weighted by molar-refractivity contribution is 7.92. The molecular formula is C24H23ClN3O5S+. The van der Waals surface area contributed by atoms with Gasteiger partial charge in [0.1, 0.15) is 5.69 Å². The molecule has 0 aliphatic carbocycles. The lowest BCUT2D eigenvalue weighted by atomic mass is 9.87. The number of pyridine rings is 1. The number of aromatic nitrogens is 1. The van der Waals surface area contributed by atoms with E-state index in [0.717, 1.165) is 15.2 Å². The molecule has 8 nitrogen and oxygen atoms in total. The quantitative estimate of drug-likeness (QED) is 0.319. The molecule has 0 saturated heterocycles. The molecule has 0 radical (unpaired) electrons. The minimum Gasteiger partial charge on any atom is -0.285 e. The molecule has 2 amide bonds. The van der Waals surface area contributed by atoms with Crippen LogP contribution in [-0.4, -0.2) is 25.4 Å². The number of nitrogens with one attached hydrogen (secondary N) is 1. The minimum absolute atomic E-state index is 0.0121. The number of nitrogens with zero attached hydrogens (tertiary/aromatic N) is 2. The Morgan fingerprint density at radius 2 is 1.59 bits per heavy atom. The summed E-state index contributed by atoms with van der Waals surface area (Å²) in [7, 11) is -4.07. The van der Waals surface area contributed by atoms with Gasteiger partial charge in [-0.05, 0) is 41.3 Å². The number of amides is 2. The lowest BCUT2D eigenvalue weighted by molar-refractivity contribution is -0.908. The van der Waals surface area contributed by atoms with Gasteiger partial charge in [0.25, 0.3) is 27.5 Å². The number of carbonyl (C=O) groups excluding carboxylic acids is 2.